The fraction of sp³-hybridized carbons (Fsp3) is 0.318. The van der Waals surface area contributed by atoms with E-state index in [-0.39, 0.29) is 6.04 Å². The monoisotopic (exact) mass is 331 g/mol. The summed E-state index contributed by atoms with van der Waals surface area (Å²) < 4.78 is 0. The van der Waals surface area contributed by atoms with Crippen molar-refractivity contribution in [2.75, 3.05) is 19.0 Å². The van der Waals surface area contributed by atoms with E-state index in [9.17, 15) is 0 Å². The van der Waals surface area contributed by atoms with E-state index in [1.807, 2.05) is 0 Å². The maximum Gasteiger partial charge on any atom is 0.0709 e. The largest absolute Gasteiger partial charge is 0.378 e. The van der Waals surface area contributed by atoms with E-state index in [1.54, 1.807) is 0 Å². The predicted octanol–water partition coefficient (Wildman–Crippen LogP) is 4.23. The molecular formula is C22H25N3. The van der Waals surface area contributed by atoms with Gasteiger partial charge >= 0.3 is 0 Å². The van der Waals surface area contributed by atoms with Crippen LogP contribution in [-0.4, -0.2) is 19.1 Å². The number of aryl methyl sites for hydroxylation is 1. The molecule has 0 fully saturated rings. The fourth-order valence-electron chi connectivity index (χ4n) is 3.91. The van der Waals surface area contributed by atoms with Crippen molar-refractivity contribution < 1.29 is 0 Å². The molecule has 3 aromatic rings. The van der Waals surface area contributed by atoms with Crippen molar-refractivity contribution in [3.05, 3.63) is 70.9 Å². The molecule has 0 amide bonds. The zero-order valence-corrected chi connectivity index (χ0v) is 15.0. The van der Waals surface area contributed by atoms with Crippen LogP contribution in [0, 0.1) is 0 Å². The van der Waals surface area contributed by atoms with Crippen LogP contribution >= 0.6 is 0 Å². The summed E-state index contributed by atoms with van der Waals surface area (Å²) in [5.41, 5.74) is 14.1. The summed E-state index contributed by atoms with van der Waals surface area (Å²) in [6.07, 6.45) is 4.61. The molecule has 25 heavy (non-hydrogen) atoms. The second-order valence-corrected chi connectivity index (χ2v) is 7.14. The van der Waals surface area contributed by atoms with Crippen molar-refractivity contribution in [2.45, 2.75) is 31.7 Å². The number of nitrogens with two attached hydrogens (primary N) is 1. The van der Waals surface area contributed by atoms with Gasteiger partial charge in [-0.1, -0.05) is 30.3 Å². The number of anilines is 1. The van der Waals surface area contributed by atoms with Gasteiger partial charge in [-0.2, -0.15) is 0 Å². The highest BCUT2D eigenvalue weighted by Crippen LogP contribution is 2.35. The van der Waals surface area contributed by atoms with Gasteiger partial charge in [-0.25, -0.2) is 0 Å². The van der Waals surface area contributed by atoms with E-state index in [1.165, 1.54) is 40.7 Å². The highest BCUT2D eigenvalue weighted by atomic mass is 15.1. The van der Waals surface area contributed by atoms with Crippen molar-refractivity contribution in [1.29, 1.82) is 0 Å². The molecule has 0 radical (unpaired) electrons. The summed E-state index contributed by atoms with van der Waals surface area (Å²) in [5.74, 6) is 0. The molecule has 1 aromatic heterocycles. The molecule has 0 aliphatic heterocycles. The number of hydrogen-bond acceptors (Lipinski definition) is 3. The fourth-order valence-corrected chi connectivity index (χ4v) is 3.91. The summed E-state index contributed by atoms with van der Waals surface area (Å²) in [7, 11) is 4.11. The smallest absolute Gasteiger partial charge is 0.0709 e. The number of benzene rings is 2. The standard InChI is InChI=1S/C22H25N3/c1-25(2)16-13-11-15(12-14-16)22(23)21-17-7-3-5-9-19(17)24-20-10-6-4-8-18(20)21/h3,5,7,9,11-14,22H,4,6,8,10,23H2,1-2H3. The molecule has 1 unspecified atom stereocenters. The van der Waals surface area contributed by atoms with Gasteiger partial charge in [0.1, 0.15) is 0 Å². The van der Waals surface area contributed by atoms with Crippen LogP contribution in [0.2, 0.25) is 0 Å². The zero-order valence-electron chi connectivity index (χ0n) is 15.0. The normalized spacial score (nSPS) is 15.0. The van der Waals surface area contributed by atoms with Gasteiger partial charge in [0.25, 0.3) is 0 Å². The number of nitrogens with zero attached hydrogens (tertiary/aromatic N) is 2. The number of aromatic nitrogens is 1. The van der Waals surface area contributed by atoms with Crippen LogP contribution in [0.1, 0.15) is 41.3 Å². The molecule has 128 valence electrons. The zero-order chi connectivity index (χ0) is 17.4. The first-order valence-electron chi connectivity index (χ1n) is 9.08. The van der Waals surface area contributed by atoms with Gasteiger partial charge in [0.15, 0.2) is 0 Å². The Balaban J connectivity index is 1.87. The SMILES string of the molecule is CN(C)c1ccc(C(N)c2c3c(nc4ccccc24)CCCC3)cc1. The molecule has 0 saturated carbocycles. The van der Waals surface area contributed by atoms with Crippen LogP contribution in [0.15, 0.2) is 48.5 Å². The summed E-state index contributed by atoms with van der Waals surface area (Å²) >= 11 is 0. The van der Waals surface area contributed by atoms with E-state index < -0.39 is 0 Å². The molecule has 1 aliphatic rings. The van der Waals surface area contributed by atoms with Gasteiger partial charge < -0.3 is 10.6 Å². The van der Waals surface area contributed by atoms with Crippen molar-refractivity contribution >= 4 is 16.6 Å². The third-order valence-corrected chi connectivity index (χ3v) is 5.29. The summed E-state index contributed by atoms with van der Waals surface area (Å²) in [4.78, 5) is 7.04. The van der Waals surface area contributed by atoms with Gasteiger partial charge in [-0.05, 0) is 60.6 Å². The average Bonchev–Trinajstić information content (AvgIpc) is 2.65. The van der Waals surface area contributed by atoms with Crippen molar-refractivity contribution in [2.24, 2.45) is 5.73 Å². The second kappa shape index (κ2) is 6.49. The molecule has 1 atom stereocenters. The van der Waals surface area contributed by atoms with Gasteiger partial charge in [0.2, 0.25) is 0 Å². The van der Waals surface area contributed by atoms with Gasteiger partial charge in [-0.3, -0.25) is 4.98 Å². The molecular weight excluding hydrogens is 306 g/mol. The van der Waals surface area contributed by atoms with Crippen LogP contribution < -0.4 is 10.6 Å². The summed E-state index contributed by atoms with van der Waals surface area (Å²) in [5, 5.41) is 1.20. The van der Waals surface area contributed by atoms with Gasteiger partial charge in [0.05, 0.1) is 11.6 Å². The van der Waals surface area contributed by atoms with Crippen LogP contribution in [0.25, 0.3) is 10.9 Å². The lowest BCUT2D eigenvalue weighted by Gasteiger charge is -2.25. The Bertz CT molecular complexity index is 897. The lowest BCUT2D eigenvalue weighted by Crippen LogP contribution is -2.19. The Morgan fingerprint density at radius 2 is 1.68 bits per heavy atom. The quantitative estimate of drug-likeness (QED) is 0.781. The van der Waals surface area contributed by atoms with E-state index in [2.05, 4.69) is 67.5 Å². The first kappa shape index (κ1) is 16.1. The predicted molar refractivity (Wildman–Crippen MR) is 105 cm³/mol. The molecule has 1 aliphatic carbocycles. The number of pyridine rings is 1. The molecule has 0 bridgehead atoms. The first-order chi connectivity index (χ1) is 12.1. The third-order valence-electron chi connectivity index (χ3n) is 5.29. The van der Waals surface area contributed by atoms with Crippen LogP contribution in [0.4, 0.5) is 5.69 Å². The van der Waals surface area contributed by atoms with Crippen LogP contribution in [0.3, 0.4) is 0 Å². The minimum atomic E-state index is -0.115. The van der Waals surface area contributed by atoms with E-state index in [4.69, 9.17) is 10.7 Å². The molecule has 2 aromatic carbocycles. The van der Waals surface area contributed by atoms with E-state index in [0.29, 0.717) is 0 Å². The van der Waals surface area contributed by atoms with Crippen LogP contribution in [-0.2, 0) is 12.8 Å². The summed E-state index contributed by atoms with van der Waals surface area (Å²) in [6.45, 7) is 0. The average molecular weight is 331 g/mol. The molecule has 1 heterocycles. The van der Waals surface area contributed by atoms with Crippen molar-refractivity contribution in [3.8, 4) is 0 Å². The topological polar surface area (TPSA) is 42.1 Å². The lowest BCUT2D eigenvalue weighted by molar-refractivity contribution is 0.659. The Kier molecular flexibility index (Phi) is 4.18. The van der Waals surface area contributed by atoms with Crippen molar-refractivity contribution in [1.82, 2.24) is 4.98 Å². The minimum absolute atomic E-state index is 0.115. The Hall–Kier alpha value is -2.39. The van der Waals surface area contributed by atoms with Gasteiger partial charge in [0, 0.05) is 30.9 Å². The molecule has 0 saturated heterocycles. The Labute approximate surface area is 149 Å². The molecule has 3 heteroatoms. The Morgan fingerprint density at radius 3 is 2.44 bits per heavy atom. The Morgan fingerprint density at radius 1 is 0.960 bits per heavy atom. The summed E-state index contributed by atoms with van der Waals surface area (Å²) in [6, 6.07) is 16.9. The molecule has 3 nitrogen and oxygen atoms in total. The lowest BCUT2D eigenvalue weighted by atomic mass is 9.85. The molecule has 2 N–H and O–H groups in total. The molecule has 4 rings (SSSR count). The highest BCUT2D eigenvalue weighted by molar-refractivity contribution is 5.85. The van der Waals surface area contributed by atoms with Crippen molar-refractivity contribution in [3.63, 3.8) is 0 Å². The number of fused-ring (bicyclic) bond motifs is 2. The maximum absolute atomic E-state index is 6.79. The van der Waals surface area contributed by atoms with Crippen LogP contribution in [0.5, 0.6) is 0 Å². The minimum Gasteiger partial charge on any atom is -0.378 e. The number of para-hydroxylation sites is 1. The highest BCUT2D eigenvalue weighted by Gasteiger charge is 2.22. The number of rotatable bonds is 3. The van der Waals surface area contributed by atoms with E-state index in [0.717, 1.165) is 23.9 Å². The molecule has 0 spiro atoms. The maximum atomic E-state index is 6.79. The third kappa shape index (κ3) is 2.89. The van der Waals surface area contributed by atoms with Gasteiger partial charge in [-0.15, -0.1) is 0 Å². The van der Waals surface area contributed by atoms with E-state index >= 15 is 0 Å². The first-order valence-corrected chi connectivity index (χ1v) is 9.08. The second-order valence-electron chi connectivity index (χ2n) is 7.14. The number of hydrogen-bond donors (Lipinski definition) is 1.